The predicted molar refractivity (Wildman–Crippen MR) is 100 cm³/mol. The molecule has 138 valence electrons. The van der Waals surface area contributed by atoms with Crippen LogP contribution >= 0.6 is 11.8 Å². The van der Waals surface area contributed by atoms with E-state index in [4.69, 9.17) is 0 Å². The summed E-state index contributed by atoms with van der Waals surface area (Å²) in [5.74, 6) is -1.89. The molecule has 4 nitrogen and oxygen atoms in total. The Morgan fingerprint density at radius 2 is 1.92 bits per heavy atom. The monoisotopic (exact) mass is 378 g/mol. The van der Waals surface area contributed by atoms with E-state index in [9.17, 15) is 18.4 Å². The van der Waals surface area contributed by atoms with Crippen LogP contribution in [0.3, 0.4) is 0 Å². The molecule has 0 aromatic heterocycles. The topological polar surface area (TPSA) is 58.2 Å². The number of nitrogens with one attached hydrogen (secondary N) is 2. The molecule has 0 saturated heterocycles. The van der Waals surface area contributed by atoms with Crippen LogP contribution in [0.4, 0.5) is 14.5 Å². The molecule has 0 spiro atoms. The van der Waals surface area contributed by atoms with E-state index in [-0.39, 0.29) is 11.6 Å². The van der Waals surface area contributed by atoms with Crippen LogP contribution in [0.1, 0.15) is 22.3 Å². The lowest BCUT2D eigenvalue weighted by Crippen LogP contribution is -2.44. The summed E-state index contributed by atoms with van der Waals surface area (Å²) in [6.45, 7) is 1.87. The molecule has 0 fully saturated rings. The molecule has 2 N–H and O–H groups in total. The van der Waals surface area contributed by atoms with E-state index in [0.29, 0.717) is 23.8 Å². The van der Waals surface area contributed by atoms with Gasteiger partial charge in [0.2, 0.25) is 5.91 Å². The van der Waals surface area contributed by atoms with Crippen LogP contribution in [-0.4, -0.2) is 29.9 Å². The highest BCUT2D eigenvalue weighted by Gasteiger charge is 2.22. The second kappa shape index (κ2) is 9.33. The number of thioether (sulfide) groups is 1. The fourth-order valence-electron chi connectivity index (χ4n) is 2.34. The molecule has 2 rings (SSSR count). The summed E-state index contributed by atoms with van der Waals surface area (Å²) in [5.41, 5.74) is 1.24. The maximum atomic E-state index is 13.8. The summed E-state index contributed by atoms with van der Waals surface area (Å²) in [6, 6.07) is 9.07. The largest absolute Gasteiger partial charge is 0.340 e. The van der Waals surface area contributed by atoms with Crippen molar-refractivity contribution in [3.8, 4) is 0 Å². The summed E-state index contributed by atoms with van der Waals surface area (Å²) in [4.78, 5) is 24.9. The van der Waals surface area contributed by atoms with E-state index in [2.05, 4.69) is 10.6 Å². The fourth-order valence-corrected chi connectivity index (χ4v) is 2.81. The minimum atomic E-state index is -0.869. The van der Waals surface area contributed by atoms with Crippen molar-refractivity contribution in [2.45, 2.75) is 19.4 Å². The van der Waals surface area contributed by atoms with Crippen LogP contribution in [0.5, 0.6) is 0 Å². The number of hydrogen-bond donors (Lipinski definition) is 2. The van der Waals surface area contributed by atoms with Crippen LogP contribution < -0.4 is 10.6 Å². The lowest BCUT2D eigenvalue weighted by atomic mass is 10.1. The molecule has 7 heteroatoms. The molecule has 0 radical (unpaired) electrons. The molecule has 1 atom stereocenters. The van der Waals surface area contributed by atoms with Crippen LogP contribution in [0, 0.1) is 18.6 Å². The summed E-state index contributed by atoms with van der Waals surface area (Å²) in [7, 11) is 0. The summed E-state index contributed by atoms with van der Waals surface area (Å²) < 4.78 is 26.7. The zero-order valence-electron chi connectivity index (χ0n) is 14.5. The first kappa shape index (κ1) is 19.9. The minimum Gasteiger partial charge on any atom is -0.340 e. The maximum Gasteiger partial charge on any atom is 0.251 e. The van der Waals surface area contributed by atoms with Crippen molar-refractivity contribution >= 4 is 29.3 Å². The quantitative estimate of drug-likeness (QED) is 0.771. The van der Waals surface area contributed by atoms with E-state index in [1.807, 2.05) is 19.2 Å². The van der Waals surface area contributed by atoms with Gasteiger partial charge in [0.15, 0.2) is 0 Å². The third-order valence-corrected chi connectivity index (χ3v) is 4.35. The molecule has 0 aliphatic heterocycles. The number of halogens is 2. The first-order valence-electron chi connectivity index (χ1n) is 8.03. The Morgan fingerprint density at radius 1 is 1.15 bits per heavy atom. The second-order valence-electron chi connectivity index (χ2n) is 5.79. The molecule has 0 aliphatic rings. The van der Waals surface area contributed by atoms with Gasteiger partial charge in [0, 0.05) is 11.6 Å². The first-order chi connectivity index (χ1) is 12.4. The SMILES string of the molecule is CSCCC(NC(=O)c1cccc(C)c1)C(=O)Nc1ccc(F)cc1F. The van der Waals surface area contributed by atoms with Crippen LogP contribution in [0.15, 0.2) is 42.5 Å². The molecule has 2 aromatic carbocycles. The van der Waals surface area contributed by atoms with E-state index >= 15 is 0 Å². The van der Waals surface area contributed by atoms with E-state index in [1.54, 1.807) is 18.2 Å². The molecule has 0 heterocycles. The van der Waals surface area contributed by atoms with Gasteiger partial charge in [0.25, 0.3) is 5.91 Å². The highest BCUT2D eigenvalue weighted by Crippen LogP contribution is 2.16. The van der Waals surface area contributed by atoms with Gasteiger partial charge >= 0.3 is 0 Å². The number of anilines is 1. The Hall–Kier alpha value is -2.41. The number of benzene rings is 2. The van der Waals surface area contributed by atoms with Crippen molar-refractivity contribution < 1.29 is 18.4 Å². The van der Waals surface area contributed by atoms with Gasteiger partial charge in [-0.2, -0.15) is 11.8 Å². The van der Waals surface area contributed by atoms with Gasteiger partial charge in [-0.1, -0.05) is 17.7 Å². The number of amides is 2. The zero-order chi connectivity index (χ0) is 19.1. The average molecular weight is 378 g/mol. The number of hydrogen-bond acceptors (Lipinski definition) is 3. The molecule has 0 saturated carbocycles. The van der Waals surface area contributed by atoms with Gasteiger partial charge in [-0.05, 0) is 49.6 Å². The van der Waals surface area contributed by atoms with Crippen molar-refractivity contribution in [2.24, 2.45) is 0 Å². The Bertz CT molecular complexity index is 799. The van der Waals surface area contributed by atoms with Crippen molar-refractivity contribution in [3.63, 3.8) is 0 Å². The standard InChI is InChI=1S/C19H20F2N2O2S/c1-12-4-3-5-13(10-12)18(24)23-17(8-9-26-2)19(25)22-16-7-6-14(20)11-15(16)21/h3-7,10-11,17H,8-9H2,1-2H3,(H,22,25)(H,23,24). The molecule has 0 bridgehead atoms. The maximum absolute atomic E-state index is 13.8. The molecular formula is C19H20F2N2O2S. The molecule has 2 aromatic rings. The van der Waals surface area contributed by atoms with Crippen molar-refractivity contribution in [3.05, 3.63) is 65.2 Å². The smallest absolute Gasteiger partial charge is 0.251 e. The average Bonchev–Trinajstić information content (AvgIpc) is 2.60. The Morgan fingerprint density at radius 3 is 2.58 bits per heavy atom. The van der Waals surface area contributed by atoms with E-state index in [0.717, 1.165) is 17.7 Å². The van der Waals surface area contributed by atoms with E-state index < -0.39 is 23.6 Å². The van der Waals surface area contributed by atoms with Crippen molar-refractivity contribution in [2.75, 3.05) is 17.3 Å². The van der Waals surface area contributed by atoms with Gasteiger partial charge in [-0.25, -0.2) is 8.78 Å². The highest BCUT2D eigenvalue weighted by molar-refractivity contribution is 7.98. The highest BCUT2D eigenvalue weighted by atomic mass is 32.2. The number of aryl methyl sites for hydroxylation is 1. The van der Waals surface area contributed by atoms with Crippen molar-refractivity contribution in [1.29, 1.82) is 0 Å². The molecule has 1 unspecified atom stereocenters. The normalized spacial score (nSPS) is 11.7. The first-order valence-corrected chi connectivity index (χ1v) is 9.42. The van der Waals surface area contributed by atoms with Crippen LogP contribution in [0.25, 0.3) is 0 Å². The molecule has 26 heavy (non-hydrogen) atoms. The van der Waals surface area contributed by atoms with Crippen LogP contribution in [0.2, 0.25) is 0 Å². The van der Waals surface area contributed by atoms with Gasteiger partial charge in [-0.3, -0.25) is 9.59 Å². The number of carbonyl (C=O) groups is 2. The fraction of sp³-hybridized carbons (Fsp3) is 0.263. The van der Waals surface area contributed by atoms with Gasteiger partial charge in [-0.15, -0.1) is 0 Å². The second-order valence-corrected chi connectivity index (χ2v) is 6.78. The van der Waals surface area contributed by atoms with Gasteiger partial charge < -0.3 is 10.6 Å². The summed E-state index contributed by atoms with van der Waals surface area (Å²) in [6.07, 6.45) is 2.27. The summed E-state index contributed by atoms with van der Waals surface area (Å²) in [5, 5.41) is 5.10. The third kappa shape index (κ3) is 5.56. The Labute approximate surface area is 155 Å². The Kier molecular flexibility index (Phi) is 7.15. The van der Waals surface area contributed by atoms with Gasteiger partial charge in [0.05, 0.1) is 5.69 Å². The number of carbonyl (C=O) groups excluding carboxylic acids is 2. The van der Waals surface area contributed by atoms with Crippen LogP contribution in [-0.2, 0) is 4.79 Å². The van der Waals surface area contributed by atoms with E-state index in [1.165, 1.54) is 11.8 Å². The number of rotatable bonds is 7. The summed E-state index contributed by atoms with van der Waals surface area (Å²) >= 11 is 1.53. The van der Waals surface area contributed by atoms with Crippen molar-refractivity contribution in [1.82, 2.24) is 5.32 Å². The molecule has 2 amide bonds. The predicted octanol–water partition coefficient (Wildman–Crippen LogP) is 3.76. The molecule has 0 aliphatic carbocycles. The molecular weight excluding hydrogens is 358 g/mol. The third-order valence-electron chi connectivity index (χ3n) is 3.70. The Balaban J connectivity index is 2.12. The lowest BCUT2D eigenvalue weighted by molar-refractivity contribution is -0.118. The lowest BCUT2D eigenvalue weighted by Gasteiger charge is -2.18. The zero-order valence-corrected chi connectivity index (χ0v) is 15.3. The van der Waals surface area contributed by atoms with Gasteiger partial charge in [0.1, 0.15) is 17.7 Å². The minimum absolute atomic E-state index is 0.129.